The number of hydrogen-bond donors (Lipinski definition) is 1. The van der Waals surface area contributed by atoms with E-state index in [-0.39, 0.29) is 11.8 Å². The zero-order chi connectivity index (χ0) is 13.1. The summed E-state index contributed by atoms with van der Waals surface area (Å²) in [5.41, 5.74) is 0.826. The number of nitrogens with one attached hydrogen (secondary N) is 1. The molecule has 0 aromatic heterocycles. The molecule has 1 N–H and O–H groups in total. The normalized spacial score (nSPS) is 13.6. The van der Waals surface area contributed by atoms with Gasteiger partial charge in [-0.3, -0.25) is 0 Å². The van der Waals surface area contributed by atoms with Gasteiger partial charge in [-0.15, -0.1) is 0 Å². The highest BCUT2D eigenvalue weighted by atomic mass is 35.5. The molecule has 1 aromatic rings. The molecule has 0 bridgehead atoms. The maximum absolute atomic E-state index is 11.3. The van der Waals surface area contributed by atoms with Crippen LogP contribution in [-0.4, -0.2) is 27.0 Å². The van der Waals surface area contributed by atoms with Crippen LogP contribution in [0, 0.1) is 0 Å². The van der Waals surface area contributed by atoms with Crippen molar-refractivity contribution in [2.24, 2.45) is 0 Å². The summed E-state index contributed by atoms with van der Waals surface area (Å²) in [4.78, 5) is 0. The Morgan fingerprint density at radius 2 is 1.94 bits per heavy atom. The Morgan fingerprint density at radius 1 is 1.29 bits per heavy atom. The third-order valence-corrected chi connectivity index (χ3v) is 3.94. The SMILES string of the molecule is CCNC(CS(C)(=O)=O)c1ccc(Cl)c(Cl)c1. The van der Waals surface area contributed by atoms with E-state index in [2.05, 4.69) is 5.32 Å². The van der Waals surface area contributed by atoms with Gasteiger partial charge in [-0.2, -0.15) is 0 Å². The van der Waals surface area contributed by atoms with Gasteiger partial charge in [0.25, 0.3) is 0 Å². The van der Waals surface area contributed by atoms with Crippen molar-refractivity contribution in [1.82, 2.24) is 5.32 Å². The second kappa shape index (κ2) is 6.05. The fraction of sp³-hybridized carbons (Fsp3) is 0.455. The molecule has 0 aliphatic rings. The maximum atomic E-state index is 11.3. The van der Waals surface area contributed by atoms with E-state index in [4.69, 9.17) is 23.2 Å². The smallest absolute Gasteiger partial charge is 0.149 e. The summed E-state index contributed by atoms with van der Waals surface area (Å²) < 4.78 is 22.7. The molecule has 0 aliphatic carbocycles. The molecule has 6 heteroatoms. The van der Waals surface area contributed by atoms with Gasteiger partial charge < -0.3 is 5.32 Å². The van der Waals surface area contributed by atoms with Gasteiger partial charge in [0.15, 0.2) is 0 Å². The molecule has 1 rings (SSSR count). The Morgan fingerprint density at radius 3 is 2.41 bits per heavy atom. The highest BCUT2D eigenvalue weighted by molar-refractivity contribution is 7.90. The maximum Gasteiger partial charge on any atom is 0.149 e. The Bertz CT molecular complexity index is 488. The first-order chi connectivity index (χ1) is 7.83. The van der Waals surface area contributed by atoms with E-state index in [1.165, 1.54) is 6.26 Å². The standard InChI is InChI=1S/C11H15Cl2NO2S/c1-3-14-11(7-17(2,15)16)8-4-5-9(12)10(13)6-8/h4-6,11,14H,3,7H2,1-2H3. The Kier molecular flexibility index (Phi) is 5.25. The minimum Gasteiger partial charge on any atom is -0.309 e. The van der Waals surface area contributed by atoms with Crippen molar-refractivity contribution in [2.45, 2.75) is 13.0 Å². The van der Waals surface area contributed by atoms with Crippen molar-refractivity contribution in [3.63, 3.8) is 0 Å². The molecule has 0 saturated carbocycles. The van der Waals surface area contributed by atoms with Gasteiger partial charge in [0.2, 0.25) is 0 Å². The summed E-state index contributed by atoms with van der Waals surface area (Å²) in [6.45, 7) is 2.60. The predicted octanol–water partition coefficient (Wildman–Crippen LogP) is 2.69. The largest absolute Gasteiger partial charge is 0.309 e. The van der Waals surface area contributed by atoms with E-state index >= 15 is 0 Å². The lowest BCUT2D eigenvalue weighted by Gasteiger charge is -2.17. The lowest BCUT2D eigenvalue weighted by Crippen LogP contribution is -2.27. The Hall–Kier alpha value is -0.290. The quantitative estimate of drug-likeness (QED) is 0.908. The van der Waals surface area contributed by atoms with Crippen molar-refractivity contribution in [3.8, 4) is 0 Å². The van der Waals surface area contributed by atoms with Crippen molar-refractivity contribution in [1.29, 1.82) is 0 Å². The van der Waals surface area contributed by atoms with Gasteiger partial charge in [0.05, 0.1) is 15.8 Å². The number of halogens is 2. The minimum atomic E-state index is -3.06. The van der Waals surface area contributed by atoms with Crippen molar-refractivity contribution in [2.75, 3.05) is 18.6 Å². The molecular weight excluding hydrogens is 281 g/mol. The van der Waals surface area contributed by atoms with Gasteiger partial charge in [0.1, 0.15) is 9.84 Å². The molecule has 1 unspecified atom stereocenters. The van der Waals surface area contributed by atoms with E-state index in [0.29, 0.717) is 16.6 Å². The first-order valence-corrected chi connectivity index (χ1v) is 8.01. The molecule has 17 heavy (non-hydrogen) atoms. The molecule has 0 radical (unpaired) electrons. The van der Waals surface area contributed by atoms with Crippen LogP contribution >= 0.6 is 23.2 Å². The number of benzene rings is 1. The van der Waals surface area contributed by atoms with Crippen LogP contribution in [0.1, 0.15) is 18.5 Å². The number of rotatable bonds is 5. The molecule has 0 saturated heterocycles. The third kappa shape index (κ3) is 4.84. The van der Waals surface area contributed by atoms with Crippen molar-refractivity contribution in [3.05, 3.63) is 33.8 Å². The average Bonchev–Trinajstić information content (AvgIpc) is 2.19. The van der Waals surface area contributed by atoms with E-state index in [1.54, 1.807) is 18.2 Å². The molecule has 0 fully saturated rings. The van der Waals surface area contributed by atoms with E-state index < -0.39 is 9.84 Å². The lowest BCUT2D eigenvalue weighted by molar-refractivity contribution is 0.563. The van der Waals surface area contributed by atoms with Crippen LogP contribution in [0.5, 0.6) is 0 Å². The van der Waals surface area contributed by atoms with Crippen molar-refractivity contribution < 1.29 is 8.42 Å². The summed E-state index contributed by atoms with van der Waals surface area (Å²) in [5, 5.41) is 4.02. The zero-order valence-corrected chi connectivity index (χ0v) is 12.0. The molecule has 1 aromatic carbocycles. The molecule has 0 aliphatic heterocycles. The van der Waals surface area contributed by atoms with Crippen LogP contribution < -0.4 is 5.32 Å². The molecule has 96 valence electrons. The summed E-state index contributed by atoms with van der Waals surface area (Å²) in [7, 11) is -3.06. The highest BCUT2D eigenvalue weighted by Crippen LogP contribution is 2.26. The monoisotopic (exact) mass is 295 g/mol. The van der Waals surface area contributed by atoms with Gasteiger partial charge in [-0.25, -0.2) is 8.42 Å². The molecule has 1 atom stereocenters. The van der Waals surface area contributed by atoms with Gasteiger partial charge in [-0.05, 0) is 24.2 Å². The van der Waals surface area contributed by atoms with Crippen LogP contribution in [-0.2, 0) is 9.84 Å². The molecule has 0 heterocycles. The van der Waals surface area contributed by atoms with Crippen LogP contribution in [0.4, 0.5) is 0 Å². The third-order valence-electron chi connectivity index (χ3n) is 2.27. The second-order valence-electron chi connectivity index (χ2n) is 3.88. The van der Waals surface area contributed by atoms with Gasteiger partial charge in [-0.1, -0.05) is 36.2 Å². The Labute approximate surface area is 112 Å². The average molecular weight is 296 g/mol. The van der Waals surface area contributed by atoms with Crippen LogP contribution in [0.15, 0.2) is 18.2 Å². The summed E-state index contributed by atoms with van der Waals surface area (Å²) in [6.07, 6.45) is 1.22. The van der Waals surface area contributed by atoms with Crippen LogP contribution in [0.3, 0.4) is 0 Å². The minimum absolute atomic E-state index is 0.0405. The second-order valence-corrected chi connectivity index (χ2v) is 6.88. The fourth-order valence-electron chi connectivity index (χ4n) is 1.55. The van der Waals surface area contributed by atoms with E-state index in [1.807, 2.05) is 6.92 Å². The highest BCUT2D eigenvalue weighted by Gasteiger charge is 2.17. The fourth-order valence-corrected chi connectivity index (χ4v) is 2.77. The van der Waals surface area contributed by atoms with Crippen molar-refractivity contribution >= 4 is 33.0 Å². The molecule has 0 spiro atoms. The first-order valence-electron chi connectivity index (χ1n) is 5.19. The topological polar surface area (TPSA) is 46.2 Å². The predicted molar refractivity (Wildman–Crippen MR) is 72.6 cm³/mol. The van der Waals surface area contributed by atoms with E-state index in [9.17, 15) is 8.42 Å². The summed E-state index contributed by atoms with van der Waals surface area (Å²) in [6, 6.07) is 4.89. The zero-order valence-electron chi connectivity index (χ0n) is 9.70. The summed E-state index contributed by atoms with van der Waals surface area (Å²) in [5.74, 6) is 0.0405. The molecular formula is C11H15Cl2NO2S. The molecule has 0 amide bonds. The summed E-state index contributed by atoms with van der Waals surface area (Å²) >= 11 is 11.7. The number of sulfone groups is 1. The lowest BCUT2D eigenvalue weighted by atomic mass is 10.1. The van der Waals surface area contributed by atoms with Gasteiger partial charge >= 0.3 is 0 Å². The van der Waals surface area contributed by atoms with Crippen LogP contribution in [0.2, 0.25) is 10.0 Å². The van der Waals surface area contributed by atoms with Gasteiger partial charge in [0, 0.05) is 12.3 Å². The molecule has 3 nitrogen and oxygen atoms in total. The Balaban J connectivity index is 3.01. The van der Waals surface area contributed by atoms with E-state index in [0.717, 1.165) is 5.56 Å². The number of hydrogen-bond acceptors (Lipinski definition) is 3. The van der Waals surface area contributed by atoms with Crippen LogP contribution in [0.25, 0.3) is 0 Å². The first kappa shape index (κ1) is 14.8.